The van der Waals surface area contributed by atoms with Crippen LogP contribution in [0, 0.1) is 5.92 Å². The van der Waals surface area contributed by atoms with Gasteiger partial charge in [0.1, 0.15) is 0 Å². The monoisotopic (exact) mass is 270 g/mol. The van der Waals surface area contributed by atoms with Crippen LogP contribution in [0.15, 0.2) is 18.2 Å². The number of rotatable bonds is 2. The van der Waals surface area contributed by atoms with Crippen molar-refractivity contribution >= 4 is 28.9 Å². The van der Waals surface area contributed by atoms with E-state index in [1.807, 2.05) is 18.2 Å². The molecule has 1 N–H and O–H groups in total. The van der Waals surface area contributed by atoms with Crippen LogP contribution in [0.25, 0.3) is 0 Å². The van der Waals surface area contributed by atoms with E-state index in [1.54, 1.807) is 0 Å². The first kappa shape index (κ1) is 11.6. The van der Waals surface area contributed by atoms with Gasteiger partial charge in [0.25, 0.3) is 0 Å². The summed E-state index contributed by atoms with van der Waals surface area (Å²) in [5.74, 6) is 0.771. The summed E-state index contributed by atoms with van der Waals surface area (Å²) in [7, 11) is 0. The van der Waals surface area contributed by atoms with Crippen LogP contribution in [0.2, 0.25) is 10.0 Å². The lowest BCUT2D eigenvalue weighted by Gasteiger charge is -2.45. The standard InChI is InChI=1S/C13H16Cl2N2/c14-10-2-1-3-11(15)13(10)16-12-8-17-6-4-9(12)5-7-17/h1-3,9,12,16H,4-8H2. The summed E-state index contributed by atoms with van der Waals surface area (Å²) < 4.78 is 0. The molecule has 3 heterocycles. The molecule has 1 aromatic carbocycles. The van der Waals surface area contributed by atoms with Gasteiger partial charge in [-0.05, 0) is 44.0 Å². The Labute approximate surface area is 112 Å². The Kier molecular flexibility index (Phi) is 3.20. The second-order valence-corrected chi connectivity index (χ2v) is 5.80. The third-order valence-electron chi connectivity index (χ3n) is 3.95. The maximum absolute atomic E-state index is 6.19. The summed E-state index contributed by atoms with van der Waals surface area (Å²) in [5, 5.41) is 4.98. The minimum atomic E-state index is 0.495. The molecule has 3 aliphatic rings. The Hall–Kier alpha value is -0.440. The molecular weight excluding hydrogens is 255 g/mol. The zero-order valence-electron chi connectivity index (χ0n) is 9.63. The number of halogens is 2. The van der Waals surface area contributed by atoms with Gasteiger partial charge in [0, 0.05) is 12.6 Å². The predicted octanol–water partition coefficient (Wildman–Crippen LogP) is 3.50. The fourth-order valence-electron chi connectivity index (χ4n) is 2.95. The maximum Gasteiger partial charge on any atom is 0.0721 e. The quantitative estimate of drug-likeness (QED) is 0.885. The number of piperidine rings is 3. The van der Waals surface area contributed by atoms with Gasteiger partial charge in [-0.25, -0.2) is 0 Å². The average molecular weight is 271 g/mol. The first-order chi connectivity index (χ1) is 8.24. The van der Waals surface area contributed by atoms with Crippen LogP contribution < -0.4 is 5.32 Å². The summed E-state index contributed by atoms with van der Waals surface area (Å²) in [6, 6.07) is 6.15. The van der Waals surface area contributed by atoms with Gasteiger partial charge >= 0.3 is 0 Å². The zero-order valence-corrected chi connectivity index (χ0v) is 11.1. The van der Waals surface area contributed by atoms with Gasteiger partial charge in [0.2, 0.25) is 0 Å². The van der Waals surface area contributed by atoms with E-state index in [1.165, 1.54) is 25.9 Å². The fraction of sp³-hybridized carbons (Fsp3) is 0.538. The molecule has 3 aliphatic heterocycles. The number of hydrogen-bond donors (Lipinski definition) is 1. The van der Waals surface area contributed by atoms with E-state index in [0.717, 1.165) is 18.2 Å². The third kappa shape index (κ3) is 2.26. The van der Waals surface area contributed by atoms with E-state index in [-0.39, 0.29) is 0 Å². The Bertz CT molecular complexity index is 394. The highest BCUT2D eigenvalue weighted by Crippen LogP contribution is 2.35. The van der Waals surface area contributed by atoms with Crippen LogP contribution >= 0.6 is 23.2 Å². The SMILES string of the molecule is Clc1cccc(Cl)c1NC1CN2CCC1CC2. The van der Waals surface area contributed by atoms with Crippen molar-refractivity contribution < 1.29 is 0 Å². The van der Waals surface area contributed by atoms with Crippen molar-refractivity contribution in [3.05, 3.63) is 28.2 Å². The lowest BCUT2D eigenvalue weighted by atomic mass is 9.84. The summed E-state index contributed by atoms with van der Waals surface area (Å²) in [6.45, 7) is 3.62. The Morgan fingerprint density at radius 3 is 2.29 bits per heavy atom. The number of hydrogen-bond acceptors (Lipinski definition) is 2. The van der Waals surface area contributed by atoms with Gasteiger partial charge in [-0.3, -0.25) is 0 Å². The molecule has 3 fully saturated rings. The molecule has 0 aromatic heterocycles. The summed E-state index contributed by atoms with van der Waals surface area (Å²) in [5.41, 5.74) is 0.898. The number of fused-ring (bicyclic) bond motifs is 3. The first-order valence-corrected chi connectivity index (χ1v) is 6.92. The van der Waals surface area contributed by atoms with Crippen molar-refractivity contribution in [2.24, 2.45) is 5.92 Å². The largest absolute Gasteiger partial charge is 0.378 e. The van der Waals surface area contributed by atoms with Crippen LogP contribution in [-0.2, 0) is 0 Å². The second kappa shape index (κ2) is 4.68. The Morgan fingerprint density at radius 1 is 1.12 bits per heavy atom. The first-order valence-electron chi connectivity index (χ1n) is 6.17. The van der Waals surface area contributed by atoms with Crippen molar-refractivity contribution in [2.75, 3.05) is 25.0 Å². The van der Waals surface area contributed by atoms with Crippen molar-refractivity contribution in [1.29, 1.82) is 0 Å². The van der Waals surface area contributed by atoms with Crippen molar-refractivity contribution in [3.63, 3.8) is 0 Å². The molecule has 1 unspecified atom stereocenters. The van der Waals surface area contributed by atoms with Crippen LogP contribution in [0.1, 0.15) is 12.8 Å². The van der Waals surface area contributed by atoms with Crippen LogP contribution in [0.4, 0.5) is 5.69 Å². The van der Waals surface area contributed by atoms with E-state index < -0.39 is 0 Å². The third-order valence-corrected chi connectivity index (χ3v) is 4.58. The highest BCUT2D eigenvalue weighted by Gasteiger charge is 2.34. The summed E-state index contributed by atoms with van der Waals surface area (Å²) in [6.07, 6.45) is 2.58. The molecule has 4 rings (SSSR count). The average Bonchev–Trinajstić information content (AvgIpc) is 2.36. The molecule has 2 bridgehead atoms. The molecule has 3 saturated heterocycles. The molecule has 0 saturated carbocycles. The number of anilines is 1. The van der Waals surface area contributed by atoms with Crippen LogP contribution in [0.5, 0.6) is 0 Å². The molecule has 0 spiro atoms. The smallest absolute Gasteiger partial charge is 0.0721 e. The minimum absolute atomic E-state index is 0.495. The molecule has 4 heteroatoms. The Balaban J connectivity index is 1.79. The maximum atomic E-state index is 6.19. The van der Waals surface area contributed by atoms with Crippen LogP contribution in [-0.4, -0.2) is 30.6 Å². The molecule has 1 atom stereocenters. The van der Waals surface area contributed by atoms with Gasteiger partial charge in [-0.1, -0.05) is 29.3 Å². The van der Waals surface area contributed by atoms with Crippen molar-refractivity contribution in [1.82, 2.24) is 4.90 Å². The van der Waals surface area contributed by atoms with Crippen LogP contribution in [0.3, 0.4) is 0 Å². The highest BCUT2D eigenvalue weighted by molar-refractivity contribution is 6.39. The van der Waals surface area contributed by atoms with Gasteiger partial charge in [0.05, 0.1) is 15.7 Å². The second-order valence-electron chi connectivity index (χ2n) is 4.99. The lowest BCUT2D eigenvalue weighted by molar-refractivity contribution is 0.0975. The van der Waals surface area contributed by atoms with Gasteiger partial charge < -0.3 is 10.2 Å². The highest BCUT2D eigenvalue weighted by atomic mass is 35.5. The topological polar surface area (TPSA) is 15.3 Å². The van der Waals surface area contributed by atoms with Crippen molar-refractivity contribution in [3.8, 4) is 0 Å². The van der Waals surface area contributed by atoms with E-state index in [9.17, 15) is 0 Å². The van der Waals surface area contributed by atoms with E-state index in [2.05, 4.69) is 10.2 Å². The van der Waals surface area contributed by atoms with Gasteiger partial charge in [-0.2, -0.15) is 0 Å². The van der Waals surface area contributed by atoms with Gasteiger partial charge in [0.15, 0.2) is 0 Å². The van der Waals surface area contributed by atoms with E-state index in [4.69, 9.17) is 23.2 Å². The number of nitrogens with one attached hydrogen (secondary N) is 1. The molecule has 2 nitrogen and oxygen atoms in total. The summed E-state index contributed by atoms with van der Waals surface area (Å²) in [4.78, 5) is 2.52. The molecule has 92 valence electrons. The number of benzene rings is 1. The molecule has 17 heavy (non-hydrogen) atoms. The Morgan fingerprint density at radius 2 is 1.76 bits per heavy atom. The molecule has 0 aliphatic carbocycles. The fourth-order valence-corrected chi connectivity index (χ4v) is 3.46. The van der Waals surface area contributed by atoms with Gasteiger partial charge in [-0.15, -0.1) is 0 Å². The summed E-state index contributed by atoms with van der Waals surface area (Å²) >= 11 is 12.4. The lowest BCUT2D eigenvalue weighted by Crippen LogP contribution is -2.53. The van der Waals surface area contributed by atoms with Crippen molar-refractivity contribution in [2.45, 2.75) is 18.9 Å². The molecule has 0 radical (unpaired) electrons. The molecule has 1 aromatic rings. The molecular formula is C13H16Cl2N2. The molecule has 0 amide bonds. The zero-order chi connectivity index (χ0) is 11.8. The normalized spacial score (nSPS) is 31.5. The van der Waals surface area contributed by atoms with E-state index >= 15 is 0 Å². The number of nitrogens with zero attached hydrogens (tertiary/aromatic N) is 1. The minimum Gasteiger partial charge on any atom is -0.378 e. The number of para-hydroxylation sites is 1. The predicted molar refractivity (Wildman–Crippen MR) is 73.0 cm³/mol. The van der Waals surface area contributed by atoms with E-state index in [0.29, 0.717) is 16.1 Å².